The van der Waals surface area contributed by atoms with Crippen LogP contribution in [0.1, 0.15) is 57.4 Å². The summed E-state index contributed by atoms with van der Waals surface area (Å²) < 4.78 is 67.4. The summed E-state index contributed by atoms with van der Waals surface area (Å²) in [6.07, 6.45) is 7.26. The molecule has 0 unspecified atom stereocenters. The molecule has 0 heterocycles. The van der Waals surface area contributed by atoms with Gasteiger partial charge in [-0.2, -0.15) is 0 Å². The molecule has 0 atom stereocenters. The van der Waals surface area contributed by atoms with Gasteiger partial charge in [-0.25, -0.2) is 8.78 Å². The SMILES string of the molecule is CCC/C=C/C1CCC(CCc2cc(F)c(OC(F)(F)F)c(F)c2)CC1. The highest BCUT2D eigenvalue weighted by atomic mass is 19.4. The van der Waals surface area contributed by atoms with E-state index < -0.39 is 23.7 Å². The van der Waals surface area contributed by atoms with Crippen LogP contribution in [0.3, 0.4) is 0 Å². The van der Waals surface area contributed by atoms with Crippen molar-refractivity contribution in [3.05, 3.63) is 41.5 Å². The van der Waals surface area contributed by atoms with Crippen molar-refractivity contribution in [1.82, 2.24) is 0 Å². The van der Waals surface area contributed by atoms with Crippen molar-refractivity contribution >= 4 is 0 Å². The maximum atomic E-state index is 13.7. The highest BCUT2D eigenvalue weighted by Crippen LogP contribution is 2.34. The van der Waals surface area contributed by atoms with Crippen molar-refractivity contribution in [3.63, 3.8) is 0 Å². The van der Waals surface area contributed by atoms with Crippen molar-refractivity contribution in [3.8, 4) is 5.75 Å². The predicted molar refractivity (Wildman–Crippen MR) is 90.9 cm³/mol. The highest BCUT2D eigenvalue weighted by molar-refractivity contribution is 5.31. The molecule has 0 aromatic heterocycles. The van der Waals surface area contributed by atoms with Crippen LogP contribution in [-0.2, 0) is 6.42 Å². The molecule has 0 radical (unpaired) electrons. The molecule has 1 fully saturated rings. The van der Waals surface area contributed by atoms with Crippen molar-refractivity contribution in [1.29, 1.82) is 0 Å². The van der Waals surface area contributed by atoms with Gasteiger partial charge in [-0.3, -0.25) is 0 Å². The molecule has 0 aliphatic heterocycles. The third-order valence-electron chi connectivity index (χ3n) is 4.87. The Morgan fingerprint density at radius 3 is 2.23 bits per heavy atom. The van der Waals surface area contributed by atoms with E-state index in [4.69, 9.17) is 0 Å². The topological polar surface area (TPSA) is 9.23 Å². The molecule has 0 N–H and O–H groups in total. The third-order valence-corrected chi connectivity index (χ3v) is 4.87. The lowest BCUT2D eigenvalue weighted by atomic mass is 9.79. The first-order valence-electron chi connectivity index (χ1n) is 9.18. The van der Waals surface area contributed by atoms with Gasteiger partial charge in [0.05, 0.1) is 0 Å². The fourth-order valence-electron chi connectivity index (χ4n) is 3.47. The van der Waals surface area contributed by atoms with Crippen LogP contribution in [0.15, 0.2) is 24.3 Å². The Hall–Kier alpha value is -1.59. The normalized spacial score (nSPS) is 21.3. The molecule has 6 heteroatoms. The van der Waals surface area contributed by atoms with Gasteiger partial charge < -0.3 is 4.74 Å². The van der Waals surface area contributed by atoms with Crippen molar-refractivity contribution in [2.24, 2.45) is 11.8 Å². The van der Waals surface area contributed by atoms with E-state index >= 15 is 0 Å². The Morgan fingerprint density at radius 1 is 1.08 bits per heavy atom. The van der Waals surface area contributed by atoms with E-state index in [1.807, 2.05) is 0 Å². The second-order valence-electron chi connectivity index (χ2n) is 6.97. The largest absolute Gasteiger partial charge is 0.573 e. The van der Waals surface area contributed by atoms with Gasteiger partial charge in [0, 0.05) is 0 Å². The Balaban J connectivity index is 1.85. The second-order valence-corrected chi connectivity index (χ2v) is 6.97. The predicted octanol–water partition coefficient (Wildman–Crippen LogP) is 6.96. The summed E-state index contributed by atoms with van der Waals surface area (Å²) in [7, 11) is 0. The minimum absolute atomic E-state index is 0.361. The molecule has 1 saturated carbocycles. The molecule has 26 heavy (non-hydrogen) atoms. The molecule has 1 aliphatic carbocycles. The van der Waals surface area contributed by atoms with Crippen LogP contribution in [0.4, 0.5) is 22.0 Å². The first-order chi connectivity index (χ1) is 12.3. The van der Waals surface area contributed by atoms with E-state index in [1.165, 1.54) is 0 Å². The summed E-state index contributed by atoms with van der Waals surface area (Å²) in [5, 5.41) is 0. The van der Waals surface area contributed by atoms with Gasteiger partial charge in [0.25, 0.3) is 0 Å². The van der Waals surface area contributed by atoms with Gasteiger partial charge in [-0.15, -0.1) is 13.2 Å². The Morgan fingerprint density at radius 2 is 1.69 bits per heavy atom. The molecule has 1 nitrogen and oxygen atoms in total. The second kappa shape index (κ2) is 9.38. The number of halogens is 5. The van der Waals surface area contributed by atoms with Crippen molar-refractivity contribution < 1.29 is 26.7 Å². The van der Waals surface area contributed by atoms with Crippen LogP contribution in [0.5, 0.6) is 5.75 Å². The van der Waals surface area contributed by atoms with E-state index in [1.54, 1.807) is 0 Å². The molecule has 0 spiro atoms. The third kappa shape index (κ3) is 6.61. The van der Waals surface area contributed by atoms with Crippen LogP contribution in [0, 0.1) is 23.5 Å². The van der Waals surface area contributed by atoms with Crippen LogP contribution < -0.4 is 4.74 Å². The summed E-state index contributed by atoms with van der Waals surface area (Å²) in [6, 6.07) is 1.87. The monoisotopic (exact) mass is 376 g/mol. The van der Waals surface area contributed by atoms with Crippen molar-refractivity contribution in [2.45, 2.75) is 64.7 Å². The molecular weight excluding hydrogens is 351 g/mol. The molecule has 1 aromatic rings. The van der Waals surface area contributed by atoms with Gasteiger partial charge in [-0.1, -0.05) is 25.5 Å². The zero-order chi connectivity index (χ0) is 19.2. The molecule has 2 rings (SSSR count). The average Bonchev–Trinajstić information content (AvgIpc) is 2.57. The molecule has 1 aliphatic rings. The summed E-state index contributed by atoms with van der Waals surface area (Å²) >= 11 is 0. The number of benzene rings is 1. The summed E-state index contributed by atoms with van der Waals surface area (Å²) in [6.45, 7) is 2.15. The highest BCUT2D eigenvalue weighted by Gasteiger charge is 2.34. The number of aryl methyl sites for hydroxylation is 1. The van der Waals surface area contributed by atoms with E-state index in [-0.39, 0.29) is 0 Å². The Kier molecular flexibility index (Phi) is 7.47. The number of allylic oxidation sites excluding steroid dienone is 2. The standard InChI is InChI=1S/C20H25F5O/c1-2-3-4-5-14-6-8-15(9-7-14)10-11-16-12-17(21)19(18(22)13-16)26-20(23,24)25/h4-5,12-15H,2-3,6-11H2,1H3/b5-4+. The van der Waals surface area contributed by atoms with Crippen molar-refractivity contribution in [2.75, 3.05) is 0 Å². The summed E-state index contributed by atoms with van der Waals surface area (Å²) in [5.41, 5.74) is 0.361. The molecule has 1 aromatic carbocycles. The first kappa shape index (κ1) is 20.7. The maximum Gasteiger partial charge on any atom is 0.573 e. The molecular formula is C20H25F5O. The van der Waals surface area contributed by atoms with E-state index in [0.29, 0.717) is 23.8 Å². The van der Waals surface area contributed by atoms with Gasteiger partial charge in [0.1, 0.15) is 0 Å². The smallest absolute Gasteiger partial charge is 0.399 e. The lowest BCUT2D eigenvalue weighted by Crippen LogP contribution is -2.19. The Bertz CT molecular complexity index is 578. The zero-order valence-electron chi connectivity index (χ0n) is 14.9. The van der Waals surface area contributed by atoms with E-state index in [2.05, 4.69) is 23.8 Å². The first-order valence-corrected chi connectivity index (χ1v) is 9.18. The molecule has 0 bridgehead atoms. The number of rotatable bonds is 7. The van der Waals surface area contributed by atoms with Gasteiger partial charge in [-0.05, 0) is 74.5 Å². The summed E-state index contributed by atoms with van der Waals surface area (Å²) in [4.78, 5) is 0. The van der Waals surface area contributed by atoms with Gasteiger partial charge in [0.15, 0.2) is 11.6 Å². The average molecular weight is 376 g/mol. The van der Waals surface area contributed by atoms with E-state index in [0.717, 1.165) is 57.1 Å². The minimum atomic E-state index is -5.12. The fraction of sp³-hybridized carbons (Fsp3) is 0.600. The molecule has 0 saturated heterocycles. The fourth-order valence-corrected chi connectivity index (χ4v) is 3.47. The Labute approximate surface area is 151 Å². The van der Waals surface area contributed by atoms with Crippen LogP contribution >= 0.6 is 0 Å². The van der Waals surface area contributed by atoms with Gasteiger partial charge >= 0.3 is 6.36 Å². The molecule has 0 amide bonds. The van der Waals surface area contributed by atoms with E-state index in [9.17, 15) is 22.0 Å². The van der Waals surface area contributed by atoms with Crippen LogP contribution in [0.2, 0.25) is 0 Å². The summed E-state index contributed by atoms with van der Waals surface area (Å²) in [5.74, 6) is -2.92. The molecule has 146 valence electrons. The number of alkyl halides is 3. The quantitative estimate of drug-likeness (QED) is 0.369. The lowest BCUT2D eigenvalue weighted by molar-refractivity contribution is -0.276. The number of hydrogen-bond acceptors (Lipinski definition) is 1. The number of ether oxygens (including phenoxy) is 1. The van der Waals surface area contributed by atoms with Gasteiger partial charge in [0.2, 0.25) is 5.75 Å². The lowest BCUT2D eigenvalue weighted by Gasteiger charge is -2.26. The maximum absolute atomic E-state index is 13.7. The minimum Gasteiger partial charge on any atom is -0.399 e. The zero-order valence-corrected chi connectivity index (χ0v) is 14.9. The van der Waals surface area contributed by atoms with Crippen LogP contribution in [-0.4, -0.2) is 6.36 Å². The number of hydrogen-bond donors (Lipinski definition) is 0. The number of unbranched alkanes of at least 4 members (excludes halogenated alkanes) is 1. The van der Waals surface area contributed by atoms with Crippen LogP contribution in [0.25, 0.3) is 0 Å².